The van der Waals surface area contributed by atoms with Crippen LogP contribution in [-0.2, 0) is 4.79 Å². The number of halogens is 1. The molecule has 1 atom stereocenters. The highest BCUT2D eigenvalue weighted by Gasteiger charge is 2.21. The molecule has 0 spiro atoms. The van der Waals surface area contributed by atoms with Gasteiger partial charge in [-0.1, -0.05) is 35.8 Å². The Bertz CT molecular complexity index is 463. The molecule has 0 fully saturated rings. The number of urea groups is 1. The van der Waals surface area contributed by atoms with E-state index in [2.05, 4.69) is 26.6 Å². The first-order valence-corrected chi connectivity index (χ1v) is 6.72. The summed E-state index contributed by atoms with van der Waals surface area (Å²) < 4.78 is 0.857. The number of rotatable bonds is 5. The molecule has 5 nitrogen and oxygen atoms in total. The Labute approximate surface area is 120 Å². The maximum atomic E-state index is 11.6. The van der Waals surface area contributed by atoms with Gasteiger partial charge in [-0.15, -0.1) is 0 Å². The van der Waals surface area contributed by atoms with Crippen LogP contribution in [-0.4, -0.2) is 23.7 Å². The predicted octanol–water partition coefficient (Wildman–Crippen LogP) is 2.93. The van der Waals surface area contributed by atoms with E-state index in [0.717, 1.165) is 4.47 Å². The zero-order chi connectivity index (χ0) is 14.4. The van der Waals surface area contributed by atoms with Crippen molar-refractivity contribution in [2.75, 3.05) is 11.9 Å². The smallest absolute Gasteiger partial charge is 0.319 e. The van der Waals surface area contributed by atoms with Gasteiger partial charge in [-0.2, -0.15) is 0 Å². The summed E-state index contributed by atoms with van der Waals surface area (Å²) in [6.07, 6.45) is 0. The molecule has 1 aromatic carbocycles. The lowest BCUT2D eigenvalue weighted by Crippen LogP contribution is -2.37. The predicted molar refractivity (Wildman–Crippen MR) is 77.1 cm³/mol. The average molecular weight is 329 g/mol. The molecule has 0 aromatic heterocycles. The molecule has 104 valence electrons. The maximum absolute atomic E-state index is 11.6. The second-order valence-corrected chi connectivity index (χ2v) is 5.45. The SMILES string of the molecule is CC(C)C(CNC(=O)Nc1cccc(Br)c1)C(=O)O. The van der Waals surface area contributed by atoms with Crippen LogP contribution in [0.15, 0.2) is 28.7 Å². The standard InChI is InChI=1S/C13H17BrN2O3/c1-8(2)11(12(17)18)7-15-13(19)16-10-5-3-4-9(14)6-10/h3-6,8,11H,7H2,1-2H3,(H,17,18)(H2,15,16,19). The molecule has 0 saturated carbocycles. The number of carboxylic acids is 1. The van der Waals surface area contributed by atoms with Crippen molar-refractivity contribution in [2.24, 2.45) is 11.8 Å². The van der Waals surface area contributed by atoms with Gasteiger partial charge in [0.15, 0.2) is 0 Å². The third-order valence-electron chi connectivity index (χ3n) is 2.69. The lowest BCUT2D eigenvalue weighted by atomic mass is 9.96. The number of carbonyl (C=O) groups excluding carboxylic acids is 1. The van der Waals surface area contributed by atoms with E-state index in [4.69, 9.17) is 5.11 Å². The second kappa shape index (κ2) is 7.13. The van der Waals surface area contributed by atoms with Crippen LogP contribution in [0.1, 0.15) is 13.8 Å². The molecule has 0 aliphatic heterocycles. The minimum Gasteiger partial charge on any atom is -0.481 e. The lowest BCUT2D eigenvalue weighted by molar-refractivity contribution is -0.142. The number of nitrogens with one attached hydrogen (secondary N) is 2. The van der Waals surface area contributed by atoms with Crippen LogP contribution >= 0.6 is 15.9 Å². The summed E-state index contributed by atoms with van der Waals surface area (Å²) in [7, 11) is 0. The Hall–Kier alpha value is -1.56. The normalized spacial score (nSPS) is 12.0. The molecule has 0 radical (unpaired) electrons. The van der Waals surface area contributed by atoms with Gasteiger partial charge in [0.05, 0.1) is 5.92 Å². The van der Waals surface area contributed by atoms with E-state index in [9.17, 15) is 9.59 Å². The van der Waals surface area contributed by atoms with Crippen molar-refractivity contribution in [1.82, 2.24) is 5.32 Å². The minimum absolute atomic E-state index is 0.0383. The highest BCUT2D eigenvalue weighted by atomic mass is 79.9. The van der Waals surface area contributed by atoms with Gasteiger partial charge in [-0.05, 0) is 24.1 Å². The van der Waals surface area contributed by atoms with E-state index in [1.54, 1.807) is 18.2 Å². The monoisotopic (exact) mass is 328 g/mol. The molecule has 0 bridgehead atoms. The fourth-order valence-electron chi connectivity index (χ4n) is 1.55. The van der Waals surface area contributed by atoms with Crippen molar-refractivity contribution in [3.63, 3.8) is 0 Å². The highest BCUT2D eigenvalue weighted by Crippen LogP contribution is 2.15. The molecule has 1 unspecified atom stereocenters. The molecule has 0 aliphatic rings. The fraction of sp³-hybridized carbons (Fsp3) is 0.385. The Morgan fingerprint density at radius 3 is 2.58 bits per heavy atom. The minimum atomic E-state index is -0.905. The summed E-state index contributed by atoms with van der Waals surface area (Å²) in [5, 5.41) is 14.2. The number of hydrogen-bond donors (Lipinski definition) is 3. The number of benzene rings is 1. The van der Waals surface area contributed by atoms with E-state index in [1.807, 2.05) is 19.9 Å². The summed E-state index contributed by atoms with van der Waals surface area (Å²) in [4.78, 5) is 22.6. The fourth-order valence-corrected chi connectivity index (χ4v) is 1.95. The highest BCUT2D eigenvalue weighted by molar-refractivity contribution is 9.10. The Kier molecular flexibility index (Phi) is 5.82. The molecule has 0 heterocycles. The maximum Gasteiger partial charge on any atom is 0.319 e. The number of carbonyl (C=O) groups is 2. The Morgan fingerprint density at radius 2 is 2.05 bits per heavy atom. The quantitative estimate of drug-likeness (QED) is 0.777. The van der Waals surface area contributed by atoms with Gasteiger partial charge < -0.3 is 15.7 Å². The van der Waals surface area contributed by atoms with E-state index in [0.29, 0.717) is 5.69 Å². The van der Waals surface area contributed by atoms with Crippen molar-refractivity contribution < 1.29 is 14.7 Å². The number of hydrogen-bond acceptors (Lipinski definition) is 2. The third-order valence-corrected chi connectivity index (χ3v) is 3.18. The Morgan fingerprint density at radius 1 is 1.37 bits per heavy atom. The van der Waals surface area contributed by atoms with Crippen molar-refractivity contribution >= 4 is 33.6 Å². The lowest BCUT2D eigenvalue weighted by Gasteiger charge is -2.17. The second-order valence-electron chi connectivity index (χ2n) is 4.53. The largest absolute Gasteiger partial charge is 0.481 e. The molecule has 0 saturated heterocycles. The molecule has 2 amide bonds. The first-order valence-electron chi connectivity index (χ1n) is 5.93. The van der Waals surface area contributed by atoms with Gasteiger partial charge in [0, 0.05) is 16.7 Å². The van der Waals surface area contributed by atoms with E-state index >= 15 is 0 Å². The number of aliphatic carboxylic acids is 1. The van der Waals surface area contributed by atoms with E-state index in [1.165, 1.54) is 0 Å². The van der Waals surface area contributed by atoms with Gasteiger partial charge in [0.1, 0.15) is 0 Å². The first-order chi connectivity index (χ1) is 8.90. The molecule has 1 rings (SSSR count). The van der Waals surface area contributed by atoms with Gasteiger partial charge >= 0.3 is 12.0 Å². The van der Waals surface area contributed by atoms with Crippen LogP contribution < -0.4 is 10.6 Å². The van der Waals surface area contributed by atoms with Crippen molar-refractivity contribution in [3.8, 4) is 0 Å². The number of carboxylic acid groups (broad SMARTS) is 1. The first kappa shape index (κ1) is 15.5. The van der Waals surface area contributed by atoms with Crippen LogP contribution in [0.4, 0.5) is 10.5 Å². The van der Waals surface area contributed by atoms with Crippen LogP contribution in [0.2, 0.25) is 0 Å². The summed E-state index contributed by atoms with van der Waals surface area (Å²) >= 11 is 3.30. The molecule has 1 aromatic rings. The molecular weight excluding hydrogens is 312 g/mol. The summed E-state index contributed by atoms with van der Waals surface area (Å²) in [5.74, 6) is -1.53. The number of anilines is 1. The Balaban J connectivity index is 2.50. The van der Waals surface area contributed by atoms with Gasteiger partial charge in [-0.3, -0.25) is 4.79 Å². The van der Waals surface area contributed by atoms with Crippen LogP contribution in [0.5, 0.6) is 0 Å². The van der Waals surface area contributed by atoms with E-state index < -0.39 is 17.9 Å². The van der Waals surface area contributed by atoms with Gasteiger partial charge in [-0.25, -0.2) is 4.79 Å². The summed E-state index contributed by atoms with van der Waals surface area (Å²) in [6, 6.07) is 6.75. The van der Waals surface area contributed by atoms with Crippen LogP contribution in [0.3, 0.4) is 0 Å². The average Bonchev–Trinajstić information content (AvgIpc) is 2.27. The molecule has 19 heavy (non-hydrogen) atoms. The zero-order valence-corrected chi connectivity index (χ0v) is 12.4. The zero-order valence-electron chi connectivity index (χ0n) is 10.8. The molecule has 6 heteroatoms. The summed E-state index contributed by atoms with van der Waals surface area (Å²) in [6.45, 7) is 3.73. The number of amides is 2. The third kappa shape index (κ3) is 5.30. The van der Waals surface area contributed by atoms with E-state index in [-0.39, 0.29) is 12.5 Å². The summed E-state index contributed by atoms with van der Waals surface area (Å²) in [5.41, 5.74) is 0.642. The molecular formula is C13H17BrN2O3. The van der Waals surface area contributed by atoms with Crippen molar-refractivity contribution in [2.45, 2.75) is 13.8 Å². The van der Waals surface area contributed by atoms with Gasteiger partial charge in [0.2, 0.25) is 0 Å². The topological polar surface area (TPSA) is 78.4 Å². The van der Waals surface area contributed by atoms with Crippen molar-refractivity contribution in [3.05, 3.63) is 28.7 Å². The van der Waals surface area contributed by atoms with Crippen molar-refractivity contribution in [1.29, 1.82) is 0 Å². The molecule has 3 N–H and O–H groups in total. The van der Waals surface area contributed by atoms with Crippen LogP contribution in [0.25, 0.3) is 0 Å². The van der Waals surface area contributed by atoms with Gasteiger partial charge in [0.25, 0.3) is 0 Å². The molecule has 0 aliphatic carbocycles. The van der Waals surface area contributed by atoms with Crippen LogP contribution in [0, 0.1) is 11.8 Å².